The Morgan fingerprint density at radius 2 is 1.27 bits per heavy atom. The molecule has 4 heteroatoms. The van der Waals surface area contributed by atoms with Crippen LogP contribution in [0.3, 0.4) is 0 Å². The molecular weight excluding hydrogens is 635 g/mol. The first-order chi connectivity index (χ1) is 24.9. The van der Waals surface area contributed by atoms with Crippen LogP contribution in [0.25, 0.3) is 22.3 Å². The van der Waals surface area contributed by atoms with Gasteiger partial charge in [0.2, 0.25) is 0 Å². The molecule has 9 rings (SSSR count). The van der Waals surface area contributed by atoms with Gasteiger partial charge in [-0.15, -0.1) is 0 Å². The zero-order chi connectivity index (χ0) is 34.7. The van der Waals surface area contributed by atoms with Crippen LogP contribution in [0.5, 0.6) is 0 Å². The van der Waals surface area contributed by atoms with Gasteiger partial charge in [0.25, 0.3) is 0 Å². The van der Waals surface area contributed by atoms with Gasteiger partial charge >= 0.3 is 0 Å². The van der Waals surface area contributed by atoms with Gasteiger partial charge in [-0.05, 0) is 119 Å². The predicted octanol–water partition coefficient (Wildman–Crippen LogP) is 11.6. The Balaban J connectivity index is 1.37. The topological polar surface area (TPSA) is 15.3 Å². The van der Waals surface area contributed by atoms with Crippen LogP contribution >= 0.6 is 11.8 Å². The van der Waals surface area contributed by atoms with Gasteiger partial charge in [0, 0.05) is 49.2 Å². The molecule has 1 radical (unpaired) electrons. The minimum Gasteiger partial charge on any atom is -0.355 e. The third-order valence-electron chi connectivity index (χ3n) is 10.6. The molecule has 0 aliphatic carbocycles. The quantitative estimate of drug-likeness (QED) is 0.183. The van der Waals surface area contributed by atoms with E-state index in [1.54, 1.807) is 0 Å². The fourth-order valence-corrected chi connectivity index (χ4v) is 9.47. The van der Waals surface area contributed by atoms with Crippen molar-refractivity contribution in [3.8, 4) is 22.3 Å². The standard InChI is InChI=1S/C47H38BN2S/c1-30-16-15-17-31(2)45(30)32-26-36(46-42(27-32)50(34-20-9-6-10-21-34)41-24-13-12-23-39(41)48-46)35-28-38-44(29-40(35)49-33-18-7-5-8-19-33)51-43-25-14-11-22-37(43)47(38,3)4/h5-29,49H,1-4H3. The summed E-state index contributed by atoms with van der Waals surface area (Å²) in [6.45, 7) is 9.22. The Kier molecular flexibility index (Phi) is 7.67. The molecule has 0 saturated carbocycles. The molecule has 0 fully saturated rings. The van der Waals surface area contributed by atoms with E-state index in [1.165, 1.54) is 76.6 Å². The van der Waals surface area contributed by atoms with E-state index in [9.17, 15) is 0 Å². The van der Waals surface area contributed by atoms with E-state index in [4.69, 9.17) is 0 Å². The number of hydrogen-bond acceptors (Lipinski definition) is 3. The van der Waals surface area contributed by atoms with Crippen molar-refractivity contribution >= 4 is 58.4 Å². The summed E-state index contributed by atoms with van der Waals surface area (Å²) in [5.41, 5.74) is 18.1. The lowest BCUT2D eigenvalue weighted by Crippen LogP contribution is -2.41. The van der Waals surface area contributed by atoms with Gasteiger partial charge in [0.15, 0.2) is 7.28 Å². The van der Waals surface area contributed by atoms with Crippen LogP contribution in [0.2, 0.25) is 0 Å². The minimum absolute atomic E-state index is 0.173. The molecule has 245 valence electrons. The summed E-state index contributed by atoms with van der Waals surface area (Å²) in [6.07, 6.45) is 0. The third-order valence-corrected chi connectivity index (χ3v) is 11.7. The summed E-state index contributed by atoms with van der Waals surface area (Å²) in [5.74, 6) is 0. The second kappa shape index (κ2) is 12.4. The predicted molar refractivity (Wildman–Crippen MR) is 219 cm³/mol. The highest BCUT2D eigenvalue weighted by atomic mass is 32.2. The summed E-state index contributed by atoms with van der Waals surface area (Å²) < 4.78 is 0. The Bertz CT molecular complexity index is 2430. The van der Waals surface area contributed by atoms with Crippen LogP contribution in [0.1, 0.15) is 36.1 Å². The maximum absolute atomic E-state index is 3.88. The van der Waals surface area contributed by atoms with Crippen molar-refractivity contribution in [2.24, 2.45) is 0 Å². The molecule has 7 aromatic rings. The van der Waals surface area contributed by atoms with E-state index in [0.29, 0.717) is 0 Å². The van der Waals surface area contributed by atoms with E-state index in [1.807, 2.05) is 11.8 Å². The number of nitrogens with one attached hydrogen (secondary N) is 1. The van der Waals surface area contributed by atoms with Crippen molar-refractivity contribution in [2.45, 2.75) is 42.9 Å². The van der Waals surface area contributed by atoms with Crippen LogP contribution < -0.4 is 21.1 Å². The highest BCUT2D eigenvalue weighted by Crippen LogP contribution is 2.52. The second-order valence-corrected chi connectivity index (χ2v) is 15.3. The summed E-state index contributed by atoms with van der Waals surface area (Å²) >= 11 is 1.88. The summed E-state index contributed by atoms with van der Waals surface area (Å²) in [7, 11) is 2.40. The highest BCUT2D eigenvalue weighted by molar-refractivity contribution is 7.99. The fraction of sp³-hybridized carbons (Fsp3) is 0.106. The van der Waals surface area contributed by atoms with Crippen LogP contribution in [-0.4, -0.2) is 7.28 Å². The highest BCUT2D eigenvalue weighted by Gasteiger charge is 2.35. The number of fused-ring (bicyclic) bond motifs is 4. The van der Waals surface area contributed by atoms with E-state index >= 15 is 0 Å². The van der Waals surface area contributed by atoms with Gasteiger partial charge in [0.1, 0.15) is 0 Å². The van der Waals surface area contributed by atoms with Crippen molar-refractivity contribution in [1.29, 1.82) is 0 Å². The van der Waals surface area contributed by atoms with Crippen molar-refractivity contribution in [2.75, 3.05) is 10.2 Å². The normalized spacial score (nSPS) is 13.7. The molecule has 1 N–H and O–H groups in total. The lowest BCUT2D eigenvalue weighted by molar-refractivity contribution is 0.608. The summed E-state index contributed by atoms with van der Waals surface area (Å²) in [4.78, 5) is 5.07. The SMILES string of the molecule is Cc1cccc(C)c1-c1cc(-c2cc3c(cc2Nc2ccccc2)Sc2ccccc2C3(C)C)c2c(c1)N(c1ccccc1)c1ccccc1[B]2. The molecule has 0 spiro atoms. The summed E-state index contributed by atoms with van der Waals surface area (Å²) in [5, 5.41) is 3.88. The molecule has 2 heterocycles. The number of nitrogens with zero attached hydrogens (tertiary/aromatic N) is 1. The number of aryl methyl sites for hydroxylation is 2. The van der Waals surface area contributed by atoms with Gasteiger partial charge in [0.05, 0.1) is 0 Å². The van der Waals surface area contributed by atoms with E-state index < -0.39 is 0 Å². The van der Waals surface area contributed by atoms with Crippen molar-refractivity contribution in [1.82, 2.24) is 0 Å². The molecule has 0 unspecified atom stereocenters. The number of anilines is 5. The number of hydrogen-bond donors (Lipinski definition) is 1. The number of benzene rings is 7. The maximum atomic E-state index is 3.88. The first-order valence-electron chi connectivity index (χ1n) is 17.7. The van der Waals surface area contributed by atoms with Crippen LogP contribution in [0.4, 0.5) is 28.4 Å². The molecule has 0 bridgehead atoms. The van der Waals surface area contributed by atoms with Crippen LogP contribution in [-0.2, 0) is 5.41 Å². The van der Waals surface area contributed by atoms with Crippen LogP contribution in [0, 0.1) is 13.8 Å². The van der Waals surface area contributed by atoms with Gasteiger partial charge < -0.3 is 10.2 Å². The minimum atomic E-state index is -0.173. The molecule has 0 amide bonds. The largest absolute Gasteiger partial charge is 0.355 e. The molecule has 2 nitrogen and oxygen atoms in total. The first-order valence-corrected chi connectivity index (χ1v) is 18.5. The fourth-order valence-electron chi connectivity index (χ4n) is 8.06. The zero-order valence-electron chi connectivity index (χ0n) is 29.4. The smallest absolute Gasteiger partial charge is 0.197 e. The average Bonchev–Trinajstić information content (AvgIpc) is 3.14. The zero-order valence-corrected chi connectivity index (χ0v) is 30.2. The van der Waals surface area contributed by atoms with Gasteiger partial charge in [-0.25, -0.2) is 0 Å². The third kappa shape index (κ3) is 5.37. The molecule has 2 aliphatic heterocycles. The first kappa shape index (κ1) is 31.5. The molecule has 51 heavy (non-hydrogen) atoms. The Hall–Kier alpha value is -5.45. The average molecular weight is 674 g/mol. The van der Waals surface area contributed by atoms with E-state index in [2.05, 4.69) is 197 Å². The lowest BCUT2D eigenvalue weighted by Gasteiger charge is -2.37. The van der Waals surface area contributed by atoms with Crippen molar-refractivity contribution in [3.63, 3.8) is 0 Å². The second-order valence-electron chi connectivity index (χ2n) is 14.2. The Morgan fingerprint density at radius 3 is 2.06 bits per heavy atom. The molecular formula is C47H38BN2S. The Labute approximate surface area is 306 Å². The molecule has 2 aliphatic rings. The molecule has 0 atom stereocenters. The van der Waals surface area contributed by atoms with Gasteiger partial charge in [-0.3, -0.25) is 0 Å². The molecule has 7 aromatic carbocycles. The van der Waals surface area contributed by atoms with Crippen molar-refractivity contribution < 1.29 is 0 Å². The Morgan fingerprint density at radius 1 is 0.588 bits per heavy atom. The molecule has 0 aromatic heterocycles. The number of para-hydroxylation sites is 3. The van der Waals surface area contributed by atoms with Gasteiger partial charge in [-0.2, -0.15) is 0 Å². The molecule has 0 saturated heterocycles. The van der Waals surface area contributed by atoms with E-state index in [0.717, 1.165) is 17.1 Å². The lowest BCUT2D eigenvalue weighted by atomic mass is 9.58. The summed E-state index contributed by atoms with van der Waals surface area (Å²) in [6, 6.07) is 55.4. The van der Waals surface area contributed by atoms with Gasteiger partial charge in [-0.1, -0.05) is 122 Å². The number of rotatable bonds is 5. The van der Waals surface area contributed by atoms with Crippen LogP contribution in [0.15, 0.2) is 161 Å². The van der Waals surface area contributed by atoms with Crippen molar-refractivity contribution in [3.05, 3.63) is 174 Å². The monoisotopic (exact) mass is 673 g/mol. The maximum Gasteiger partial charge on any atom is 0.197 e. The van der Waals surface area contributed by atoms with E-state index in [-0.39, 0.29) is 5.41 Å².